The number of benzene rings is 1. The lowest BCUT2D eigenvalue weighted by atomic mass is 10.1. The Morgan fingerprint density at radius 3 is 2.84 bits per heavy atom. The van der Waals surface area contributed by atoms with E-state index in [2.05, 4.69) is 10.3 Å². The van der Waals surface area contributed by atoms with E-state index >= 15 is 0 Å². The SMILES string of the molecule is CCOc1ncccc1NC(=O)[C@H]1CC(=O)N(Cc2ccccc2)C1. The van der Waals surface area contributed by atoms with Gasteiger partial charge in [0.15, 0.2) is 0 Å². The maximum absolute atomic E-state index is 12.5. The minimum atomic E-state index is -0.370. The molecule has 0 spiro atoms. The lowest BCUT2D eigenvalue weighted by molar-refractivity contribution is -0.128. The molecule has 0 radical (unpaired) electrons. The van der Waals surface area contributed by atoms with Crippen molar-refractivity contribution in [3.63, 3.8) is 0 Å². The fraction of sp³-hybridized carbons (Fsp3) is 0.316. The van der Waals surface area contributed by atoms with Crippen LogP contribution in [0, 0.1) is 5.92 Å². The van der Waals surface area contributed by atoms with Crippen LogP contribution in [0.1, 0.15) is 18.9 Å². The first-order chi connectivity index (χ1) is 12.2. The Bertz CT molecular complexity index is 749. The maximum Gasteiger partial charge on any atom is 0.237 e. The van der Waals surface area contributed by atoms with Crippen LogP contribution in [0.5, 0.6) is 5.88 Å². The third kappa shape index (κ3) is 4.15. The smallest absolute Gasteiger partial charge is 0.237 e. The molecule has 1 aliphatic heterocycles. The number of likely N-dealkylation sites (tertiary alicyclic amines) is 1. The molecule has 25 heavy (non-hydrogen) atoms. The monoisotopic (exact) mass is 339 g/mol. The van der Waals surface area contributed by atoms with Crippen LogP contribution in [-0.2, 0) is 16.1 Å². The molecule has 0 unspecified atom stereocenters. The zero-order chi connectivity index (χ0) is 17.6. The lowest BCUT2D eigenvalue weighted by Crippen LogP contribution is -2.28. The van der Waals surface area contributed by atoms with Gasteiger partial charge < -0.3 is 15.0 Å². The number of pyridine rings is 1. The third-order valence-corrected chi connectivity index (χ3v) is 4.11. The largest absolute Gasteiger partial charge is 0.476 e. The summed E-state index contributed by atoms with van der Waals surface area (Å²) in [6.45, 7) is 3.27. The topological polar surface area (TPSA) is 71.5 Å². The molecule has 1 aliphatic rings. The van der Waals surface area contributed by atoms with Crippen LogP contribution in [0.25, 0.3) is 0 Å². The Hall–Kier alpha value is -2.89. The quantitative estimate of drug-likeness (QED) is 0.877. The number of hydrogen-bond donors (Lipinski definition) is 1. The van der Waals surface area contributed by atoms with Crippen molar-refractivity contribution in [2.75, 3.05) is 18.5 Å². The van der Waals surface area contributed by atoms with Gasteiger partial charge in [-0.15, -0.1) is 0 Å². The van der Waals surface area contributed by atoms with E-state index in [1.807, 2.05) is 37.3 Å². The van der Waals surface area contributed by atoms with Gasteiger partial charge in [0.25, 0.3) is 0 Å². The zero-order valence-corrected chi connectivity index (χ0v) is 14.1. The number of rotatable bonds is 6. The molecular weight excluding hydrogens is 318 g/mol. The standard InChI is InChI=1S/C19H21N3O3/c1-2-25-19-16(9-6-10-20-19)21-18(24)15-11-17(23)22(13-15)12-14-7-4-3-5-8-14/h3-10,15H,2,11-13H2,1H3,(H,21,24)/t15-/m0/s1. The lowest BCUT2D eigenvalue weighted by Gasteiger charge is -2.17. The van der Waals surface area contributed by atoms with E-state index in [0.717, 1.165) is 5.56 Å². The van der Waals surface area contributed by atoms with Crippen molar-refractivity contribution in [3.8, 4) is 5.88 Å². The Morgan fingerprint density at radius 2 is 2.08 bits per heavy atom. The molecular formula is C19H21N3O3. The number of ether oxygens (including phenoxy) is 1. The van der Waals surface area contributed by atoms with Crippen molar-refractivity contribution in [1.29, 1.82) is 0 Å². The van der Waals surface area contributed by atoms with E-state index in [-0.39, 0.29) is 24.2 Å². The molecule has 0 aliphatic carbocycles. The highest BCUT2D eigenvalue weighted by Crippen LogP contribution is 2.25. The fourth-order valence-electron chi connectivity index (χ4n) is 2.88. The van der Waals surface area contributed by atoms with Crippen LogP contribution in [-0.4, -0.2) is 34.8 Å². The molecule has 3 rings (SSSR count). The van der Waals surface area contributed by atoms with Crippen LogP contribution in [0.2, 0.25) is 0 Å². The molecule has 2 aromatic rings. The predicted molar refractivity (Wildman–Crippen MR) is 94.0 cm³/mol. The average Bonchev–Trinajstić information content (AvgIpc) is 2.99. The van der Waals surface area contributed by atoms with Gasteiger partial charge in [-0.05, 0) is 24.6 Å². The molecule has 0 saturated carbocycles. The highest BCUT2D eigenvalue weighted by molar-refractivity contribution is 5.97. The van der Waals surface area contributed by atoms with E-state index in [0.29, 0.717) is 31.3 Å². The third-order valence-electron chi connectivity index (χ3n) is 4.11. The van der Waals surface area contributed by atoms with Gasteiger partial charge in [-0.3, -0.25) is 9.59 Å². The summed E-state index contributed by atoms with van der Waals surface area (Å²) in [6.07, 6.45) is 1.84. The number of aromatic nitrogens is 1. The van der Waals surface area contributed by atoms with Gasteiger partial charge in [-0.2, -0.15) is 0 Å². The first-order valence-electron chi connectivity index (χ1n) is 8.37. The van der Waals surface area contributed by atoms with Crippen molar-refractivity contribution in [1.82, 2.24) is 9.88 Å². The fourth-order valence-corrected chi connectivity index (χ4v) is 2.88. The van der Waals surface area contributed by atoms with Crippen LogP contribution in [0.15, 0.2) is 48.7 Å². The summed E-state index contributed by atoms with van der Waals surface area (Å²) < 4.78 is 5.42. The van der Waals surface area contributed by atoms with Crippen molar-refractivity contribution in [2.24, 2.45) is 5.92 Å². The number of carbonyl (C=O) groups is 2. The molecule has 2 heterocycles. The summed E-state index contributed by atoms with van der Waals surface area (Å²) in [6, 6.07) is 13.3. The number of amides is 2. The minimum absolute atomic E-state index is 0.000205. The number of nitrogens with one attached hydrogen (secondary N) is 1. The van der Waals surface area contributed by atoms with Crippen molar-refractivity contribution in [3.05, 3.63) is 54.2 Å². The second-order valence-electron chi connectivity index (χ2n) is 5.94. The molecule has 0 bridgehead atoms. The van der Waals surface area contributed by atoms with E-state index in [1.165, 1.54) is 0 Å². The molecule has 1 saturated heterocycles. The summed E-state index contributed by atoms with van der Waals surface area (Å²) in [5, 5.41) is 2.84. The van der Waals surface area contributed by atoms with Gasteiger partial charge in [0.2, 0.25) is 17.7 Å². The zero-order valence-electron chi connectivity index (χ0n) is 14.1. The molecule has 1 aromatic carbocycles. The molecule has 1 aromatic heterocycles. The highest BCUT2D eigenvalue weighted by atomic mass is 16.5. The van der Waals surface area contributed by atoms with Crippen LogP contribution in [0.4, 0.5) is 5.69 Å². The summed E-state index contributed by atoms with van der Waals surface area (Å²) in [4.78, 5) is 30.6. The van der Waals surface area contributed by atoms with Gasteiger partial charge in [0.1, 0.15) is 5.69 Å². The van der Waals surface area contributed by atoms with Gasteiger partial charge in [0, 0.05) is 25.7 Å². The molecule has 6 nitrogen and oxygen atoms in total. The first-order valence-corrected chi connectivity index (χ1v) is 8.37. The minimum Gasteiger partial charge on any atom is -0.476 e. The molecule has 1 N–H and O–H groups in total. The second kappa shape index (κ2) is 7.79. The van der Waals surface area contributed by atoms with E-state index in [9.17, 15) is 9.59 Å². The van der Waals surface area contributed by atoms with Crippen molar-refractivity contribution in [2.45, 2.75) is 19.9 Å². The summed E-state index contributed by atoms with van der Waals surface area (Å²) in [5.41, 5.74) is 1.59. The summed E-state index contributed by atoms with van der Waals surface area (Å²) in [7, 11) is 0. The summed E-state index contributed by atoms with van der Waals surface area (Å²) in [5.74, 6) is -0.159. The Kier molecular flexibility index (Phi) is 5.28. The number of hydrogen-bond acceptors (Lipinski definition) is 4. The highest BCUT2D eigenvalue weighted by Gasteiger charge is 2.34. The van der Waals surface area contributed by atoms with Gasteiger partial charge >= 0.3 is 0 Å². The summed E-state index contributed by atoms with van der Waals surface area (Å²) >= 11 is 0. The van der Waals surface area contributed by atoms with Gasteiger partial charge in [-0.1, -0.05) is 30.3 Å². The van der Waals surface area contributed by atoms with Crippen molar-refractivity contribution < 1.29 is 14.3 Å². The number of anilines is 1. The van der Waals surface area contributed by atoms with Crippen LogP contribution in [0.3, 0.4) is 0 Å². The molecule has 1 atom stereocenters. The van der Waals surface area contributed by atoms with E-state index < -0.39 is 0 Å². The Labute approximate surface area is 146 Å². The van der Waals surface area contributed by atoms with Gasteiger partial charge in [-0.25, -0.2) is 4.98 Å². The van der Waals surface area contributed by atoms with Gasteiger partial charge in [0.05, 0.1) is 12.5 Å². The van der Waals surface area contributed by atoms with E-state index in [4.69, 9.17) is 4.74 Å². The number of carbonyl (C=O) groups excluding carboxylic acids is 2. The predicted octanol–water partition coefficient (Wildman–Crippen LogP) is 2.47. The molecule has 2 amide bonds. The second-order valence-corrected chi connectivity index (χ2v) is 5.94. The Morgan fingerprint density at radius 1 is 1.28 bits per heavy atom. The molecule has 1 fully saturated rings. The average molecular weight is 339 g/mol. The maximum atomic E-state index is 12.5. The molecule has 130 valence electrons. The number of nitrogens with zero attached hydrogens (tertiary/aromatic N) is 2. The molecule has 6 heteroatoms. The van der Waals surface area contributed by atoms with Crippen molar-refractivity contribution >= 4 is 17.5 Å². The normalized spacial score (nSPS) is 16.8. The van der Waals surface area contributed by atoms with E-state index in [1.54, 1.807) is 23.2 Å². The Balaban J connectivity index is 1.63. The van der Waals surface area contributed by atoms with Crippen LogP contribution < -0.4 is 10.1 Å². The van der Waals surface area contributed by atoms with Crippen LogP contribution >= 0.6 is 0 Å². The first kappa shape index (κ1) is 17.0.